The van der Waals surface area contributed by atoms with Crippen LogP contribution in [-0.4, -0.2) is 22.6 Å². The maximum atomic E-state index is 12.8. The molecule has 2 N–H and O–H groups in total. The second kappa shape index (κ2) is 5.84. The minimum absolute atomic E-state index is 0.0733. The Morgan fingerprint density at radius 2 is 2.21 bits per heavy atom. The SMILES string of the molecule is COC(=O)C1=C(N)Oc2cc(C)n(C)c(=O)c2C1c1cccnc1. The Bertz CT molecular complexity index is 900. The van der Waals surface area contributed by atoms with Crippen LogP contribution in [0, 0.1) is 6.92 Å². The molecule has 0 bridgehead atoms. The molecular weight excluding hydrogens is 310 g/mol. The zero-order valence-corrected chi connectivity index (χ0v) is 13.6. The second-order valence-electron chi connectivity index (χ2n) is 5.52. The number of ether oxygens (including phenoxy) is 2. The van der Waals surface area contributed by atoms with Crippen molar-refractivity contribution in [3.8, 4) is 5.75 Å². The topological polar surface area (TPSA) is 96.4 Å². The van der Waals surface area contributed by atoms with Crippen molar-refractivity contribution in [1.29, 1.82) is 0 Å². The maximum Gasteiger partial charge on any atom is 0.340 e. The van der Waals surface area contributed by atoms with Crippen molar-refractivity contribution in [1.82, 2.24) is 9.55 Å². The summed E-state index contributed by atoms with van der Waals surface area (Å²) in [6.07, 6.45) is 3.21. The summed E-state index contributed by atoms with van der Waals surface area (Å²) in [6, 6.07) is 5.23. The molecule has 0 aliphatic carbocycles. The minimum atomic E-state index is -0.700. The average molecular weight is 327 g/mol. The fraction of sp³-hybridized carbons (Fsp3) is 0.235. The standard InChI is InChI=1S/C17H17N3O4/c1-9-7-11-13(16(21)20(9)2)12(10-5-4-6-19-8-10)14(15(18)24-11)17(22)23-3/h4-8,12H,18H2,1-3H3. The molecule has 0 radical (unpaired) electrons. The van der Waals surface area contributed by atoms with Gasteiger partial charge < -0.3 is 19.8 Å². The molecule has 1 atom stereocenters. The van der Waals surface area contributed by atoms with Crippen LogP contribution in [-0.2, 0) is 16.6 Å². The number of methoxy groups -OCH3 is 1. The summed E-state index contributed by atoms with van der Waals surface area (Å²) in [7, 11) is 2.92. The van der Waals surface area contributed by atoms with E-state index in [0.717, 1.165) is 5.69 Å². The molecule has 0 spiro atoms. The molecule has 2 aromatic heterocycles. The van der Waals surface area contributed by atoms with Gasteiger partial charge in [-0.3, -0.25) is 9.78 Å². The number of hydrogen-bond acceptors (Lipinski definition) is 6. The summed E-state index contributed by atoms with van der Waals surface area (Å²) in [5.74, 6) is -1.07. The third-order valence-corrected chi connectivity index (χ3v) is 4.16. The molecule has 0 aromatic carbocycles. The second-order valence-corrected chi connectivity index (χ2v) is 5.52. The summed E-state index contributed by atoms with van der Waals surface area (Å²) in [5, 5.41) is 0. The quantitative estimate of drug-likeness (QED) is 0.825. The van der Waals surface area contributed by atoms with Gasteiger partial charge >= 0.3 is 5.97 Å². The normalized spacial score (nSPS) is 16.4. The van der Waals surface area contributed by atoms with Gasteiger partial charge in [0.25, 0.3) is 5.56 Å². The largest absolute Gasteiger partial charge is 0.465 e. The highest BCUT2D eigenvalue weighted by Crippen LogP contribution is 2.40. The van der Waals surface area contributed by atoms with E-state index in [1.807, 2.05) is 0 Å². The van der Waals surface area contributed by atoms with Crippen LogP contribution in [0.1, 0.15) is 22.7 Å². The fourth-order valence-corrected chi connectivity index (χ4v) is 2.83. The summed E-state index contributed by atoms with van der Waals surface area (Å²) >= 11 is 0. The monoisotopic (exact) mass is 327 g/mol. The number of aryl methyl sites for hydroxylation is 1. The fourth-order valence-electron chi connectivity index (χ4n) is 2.83. The van der Waals surface area contributed by atoms with Gasteiger partial charge in [-0.2, -0.15) is 0 Å². The maximum absolute atomic E-state index is 12.8. The number of aromatic nitrogens is 2. The van der Waals surface area contributed by atoms with Gasteiger partial charge in [-0.15, -0.1) is 0 Å². The van der Waals surface area contributed by atoms with Crippen molar-refractivity contribution in [2.24, 2.45) is 12.8 Å². The van der Waals surface area contributed by atoms with Gasteiger partial charge in [-0.25, -0.2) is 4.79 Å². The van der Waals surface area contributed by atoms with Crippen LogP contribution in [0.15, 0.2) is 46.8 Å². The van der Waals surface area contributed by atoms with Gasteiger partial charge in [-0.05, 0) is 18.6 Å². The van der Waals surface area contributed by atoms with Crippen molar-refractivity contribution in [2.75, 3.05) is 7.11 Å². The lowest BCUT2D eigenvalue weighted by molar-refractivity contribution is -0.136. The number of carbonyl (C=O) groups excluding carboxylic acids is 1. The Morgan fingerprint density at radius 3 is 2.83 bits per heavy atom. The Kier molecular flexibility index (Phi) is 3.84. The lowest BCUT2D eigenvalue weighted by atomic mass is 9.84. The van der Waals surface area contributed by atoms with Crippen LogP contribution in [0.4, 0.5) is 0 Å². The lowest BCUT2D eigenvalue weighted by Crippen LogP contribution is -2.34. The molecule has 1 aliphatic rings. The van der Waals surface area contributed by atoms with E-state index >= 15 is 0 Å². The molecule has 0 amide bonds. The van der Waals surface area contributed by atoms with E-state index < -0.39 is 11.9 Å². The van der Waals surface area contributed by atoms with Crippen LogP contribution < -0.4 is 16.0 Å². The molecule has 3 heterocycles. The number of nitrogens with two attached hydrogens (primary N) is 1. The molecule has 24 heavy (non-hydrogen) atoms. The van der Waals surface area contributed by atoms with Crippen molar-refractivity contribution in [3.05, 3.63) is 69.2 Å². The first-order valence-corrected chi connectivity index (χ1v) is 7.32. The first kappa shape index (κ1) is 15.8. The van der Waals surface area contributed by atoms with Gasteiger partial charge in [-0.1, -0.05) is 6.07 Å². The van der Waals surface area contributed by atoms with E-state index in [2.05, 4.69) is 4.98 Å². The van der Waals surface area contributed by atoms with Gasteiger partial charge in [0.2, 0.25) is 5.88 Å². The van der Waals surface area contributed by atoms with Gasteiger partial charge in [0.15, 0.2) is 0 Å². The first-order chi connectivity index (χ1) is 11.5. The molecule has 0 fully saturated rings. The van der Waals surface area contributed by atoms with Crippen molar-refractivity contribution in [3.63, 3.8) is 0 Å². The highest BCUT2D eigenvalue weighted by Gasteiger charge is 2.38. The molecular formula is C17H17N3O4. The molecule has 2 aromatic rings. The summed E-state index contributed by atoms with van der Waals surface area (Å²) < 4.78 is 11.9. The third kappa shape index (κ3) is 2.34. The van der Waals surface area contributed by atoms with Crippen LogP contribution in [0.3, 0.4) is 0 Å². The number of hydrogen-bond donors (Lipinski definition) is 1. The number of esters is 1. The van der Waals surface area contributed by atoms with Gasteiger partial charge in [0.05, 0.1) is 18.6 Å². The smallest absolute Gasteiger partial charge is 0.340 e. The van der Waals surface area contributed by atoms with Crippen molar-refractivity contribution in [2.45, 2.75) is 12.8 Å². The molecule has 1 aliphatic heterocycles. The predicted molar refractivity (Wildman–Crippen MR) is 86.4 cm³/mol. The number of rotatable bonds is 2. The molecule has 3 rings (SSSR count). The Morgan fingerprint density at radius 1 is 1.46 bits per heavy atom. The molecule has 124 valence electrons. The van der Waals surface area contributed by atoms with E-state index in [4.69, 9.17) is 15.2 Å². The molecule has 7 nitrogen and oxygen atoms in total. The number of nitrogens with zero attached hydrogens (tertiary/aromatic N) is 2. The number of fused-ring (bicyclic) bond motifs is 1. The zero-order valence-electron chi connectivity index (χ0n) is 13.6. The summed E-state index contributed by atoms with van der Waals surface area (Å²) in [4.78, 5) is 29.2. The third-order valence-electron chi connectivity index (χ3n) is 4.16. The van der Waals surface area contributed by atoms with Crippen LogP contribution >= 0.6 is 0 Å². The van der Waals surface area contributed by atoms with Crippen molar-refractivity contribution >= 4 is 5.97 Å². The first-order valence-electron chi connectivity index (χ1n) is 7.32. The number of carbonyl (C=O) groups is 1. The Hall–Kier alpha value is -3.09. The van der Waals surface area contributed by atoms with E-state index in [9.17, 15) is 9.59 Å². The summed E-state index contributed by atoms with van der Waals surface area (Å²) in [6.45, 7) is 1.79. The zero-order chi connectivity index (χ0) is 17.4. The molecule has 0 saturated carbocycles. The highest BCUT2D eigenvalue weighted by atomic mass is 16.5. The van der Waals surface area contributed by atoms with E-state index in [-0.39, 0.29) is 17.0 Å². The number of pyridine rings is 2. The van der Waals surface area contributed by atoms with Gasteiger partial charge in [0, 0.05) is 31.2 Å². The van der Waals surface area contributed by atoms with E-state index in [1.54, 1.807) is 44.6 Å². The highest BCUT2D eigenvalue weighted by molar-refractivity contribution is 5.92. The average Bonchev–Trinajstić information content (AvgIpc) is 2.59. The Labute approximate surface area is 138 Å². The van der Waals surface area contributed by atoms with E-state index in [0.29, 0.717) is 16.9 Å². The molecule has 1 unspecified atom stereocenters. The van der Waals surface area contributed by atoms with E-state index in [1.165, 1.54) is 11.7 Å². The summed E-state index contributed by atoms with van der Waals surface area (Å²) in [5.41, 5.74) is 7.52. The van der Waals surface area contributed by atoms with Crippen LogP contribution in [0.25, 0.3) is 0 Å². The lowest BCUT2D eigenvalue weighted by Gasteiger charge is -2.28. The molecule has 7 heteroatoms. The molecule has 0 saturated heterocycles. The minimum Gasteiger partial charge on any atom is -0.465 e. The van der Waals surface area contributed by atoms with Gasteiger partial charge in [0.1, 0.15) is 11.3 Å². The van der Waals surface area contributed by atoms with Crippen molar-refractivity contribution < 1.29 is 14.3 Å². The predicted octanol–water partition coefficient (Wildman–Crippen LogP) is 0.956. The van der Waals surface area contributed by atoms with Crippen LogP contribution in [0.5, 0.6) is 5.75 Å². The Balaban J connectivity index is 2.35. The van der Waals surface area contributed by atoms with Crippen LogP contribution in [0.2, 0.25) is 0 Å².